The summed E-state index contributed by atoms with van der Waals surface area (Å²) in [5.74, 6) is -5.03. The second-order valence-electron chi connectivity index (χ2n) is 5.61. The molecule has 27 heavy (non-hydrogen) atoms. The van der Waals surface area contributed by atoms with Gasteiger partial charge in [0.2, 0.25) is 0 Å². The van der Waals surface area contributed by atoms with Gasteiger partial charge in [0, 0.05) is 14.1 Å². The molecule has 0 unspecified atom stereocenters. The highest BCUT2D eigenvalue weighted by Gasteiger charge is 2.21. The molecule has 0 saturated carbocycles. The number of carbonyl (C=O) groups is 1. The second kappa shape index (κ2) is 6.20. The fraction of sp³-hybridized carbons (Fsp3) is 0.125. The van der Waals surface area contributed by atoms with Crippen LogP contribution < -0.4 is 10.6 Å². The SMILES string of the molecule is CNc1nc2sc(NC(=O)c3ccc(F)c(F)c3F)nc2c2c1ncn2C. The summed E-state index contributed by atoms with van der Waals surface area (Å²) in [6.07, 6.45) is 1.61. The van der Waals surface area contributed by atoms with Gasteiger partial charge in [-0.15, -0.1) is 0 Å². The molecule has 1 aromatic carbocycles. The van der Waals surface area contributed by atoms with E-state index in [2.05, 4.69) is 25.6 Å². The molecule has 4 aromatic rings. The third-order valence-corrected chi connectivity index (χ3v) is 4.81. The van der Waals surface area contributed by atoms with Crippen molar-refractivity contribution in [3.05, 3.63) is 41.5 Å². The van der Waals surface area contributed by atoms with E-state index < -0.39 is 28.9 Å². The number of hydrogen-bond acceptors (Lipinski definition) is 6. The molecule has 3 heterocycles. The molecule has 0 radical (unpaired) electrons. The molecule has 1 amide bonds. The number of nitrogens with one attached hydrogen (secondary N) is 2. The topological polar surface area (TPSA) is 84.7 Å². The van der Waals surface area contributed by atoms with Gasteiger partial charge in [-0.2, -0.15) is 0 Å². The number of anilines is 2. The third-order valence-electron chi connectivity index (χ3n) is 3.95. The van der Waals surface area contributed by atoms with Crippen LogP contribution in [0.3, 0.4) is 0 Å². The summed E-state index contributed by atoms with van der Waals surface area (Å²) in [6, 6.07) is 1.55. The fourth-order valence-corrected chi connectivity index (χ4v) is 3.51. The molecule has 0 aliphatic heterocycles. The molecule has 0 bridgehead atoms. The standard InChI is InChI=1S/C16H11F3N6OS/c1-20-13-10-12(25(2)5-21-10)11-15(23-13)27-16(22-11)24-14(26)6-3-4-7(17)9(19)8(6)18/h3-5H,1-2H3,(H,20,23)(H,22,24,26). The Balaban J connectivity index is 1.77. The van der Waals surface area contributed by atoms with Crippen LogP contribution in [-0.2, 0) is 7.05 Å². The largest absolute Gasteiger partial charge is 0.371 e. The molecule has 3 aromatic heterocycles. The van der Waals surface area contributed by atoms with Crippen LogP contribution in [0.5, 0.6) is 0 Å². The van der Waals surface area contributed by atoms with Gasteiger partial charge in [-0.1, -0.05) is 11.3 Å². The number of imidazole rings is 1. The molecule has 11 heteroatoms. The maximum absolute atomic E-state index is 13.8. The van der Waals surface area contributed by atoms with Gasteiger partial charge >= 0.3 is 0 Å². The lowest BCUT2D eigenvalue weighted by molar-refractivity contribution is 0.102. The summed E-state index contributed by atoms with van der Waals surface area (Å²) >= 11 is 1.06. The molecular weight excluding hydrogens is 381 g/mol. The number of nitrogens with zero attached hydrogens (tertiary/aromatic N) is 4. The Morgan fingerprint density at radius 1 is 1.15 bits per heavy atom. The number of benzene rings is 1. The van der Waals surface area contributed by atoms with Crippen LogP contribution in [0.1, 0.15) is 10.4 Å². The molecular formula is C16H11F3N6OS. The Hall–Kier alpha value is -3.21. The number of hydrogen-bond donors (Lipinski definition) is 2. The van der Waals surface area contributed by atoms with E-state index in [1.165, 1.54) is 0 Å². The number of rotatable bonds is 3. The molecule has 0 aliphatic rings. The predicted octanol–water partition coefficient (Wildman–Crippen LogP) is 3.29. The summed E-state index contributed by atoms with van der Waals surface area (Å²) in [4.78, 5) is 25.8. The van der Waals surface area contributed by atoms with Crippen molar-refractivity contribution in [2.45, 2.75) is 0 Å². The number of halogens is 3. The maximum Gasteiger partial charge on any atom is 0.260 e. The van der Waals surface area contributed by atoms with Gasteiger partial charge in [-0.25, -0.2) is 28.1 Å². The first kappa shape index (κ1) is 17.2. The number of aryl methyl sites for hydroxylation is 1. The summed E-state index contributed by atoms with van der Waals surface area (Å²) in [5.41, 5.74) is 1.21. The summed E-state index contributed by atoms with van der Waals surface area (Å²) < 4.78 is 42.0. The monoisotopic (exact) mass is 392 g/mol. The van der Waals surface area contributed by atoms with Crippen molar-refractivity contribution >= 4 is 49.6 Å². The summed E-state index contributed by atoms with van der Waals surface area (Å²) in [7, 11) is 3.50. The Kier molecular flexibility index (Phi) is 3.95. The Bertz CT molecular complexity index is 1220. The maximum atomic E-state index is 13.8. The number of thiazole rings is 1. The lowest BCUT2D eigenvalue weighted by Crippen LogP contribution is -2.15. The first-order valence-electron chi connectivity index (χ1n) is 7.65. The smallest absolute Gasteiger partial charge is 0.260 e. The molecule has 0 atom stereocenters. The van der Waals surface area contributed by atoms with E-state index >= 15 is 0 Å². The number of amides is 1. The van der Waals surface area contributed by atoms with Crippen molar-refractivity contribution in [1.29, 1.82) is 0 Å². The van der Waals surface area contributed by atoms with Crippen molar-refractivity contribution in [3.63, 3.8) is 0 Å². The molecule has 0 aliphatic carbocycles. The average molecular weight is 392 g/mol. The average Bonchev–Trinajstić information content (AvgIpc) is 3.21. The molecule has 138 valence electrons. The molecule has 0 spiro atoms. The van der Waals surface area contributed by atoms with Crippen LogP contribution >= 0.6 is 11.3 Å². The van der Waals surface area contributed by atoms with Crippen molar-refractivity contribution in [3.8, 4) is 0 Å². The van der Waals surface area contributed by atoms with Crippen LogP contribution in [0.4, 0.5) is 24.1 Å². The quantitative estimate of drug-likeness (QED) is 0.523. The van der Waals surface area contributed by atoms with Crippen LogP contribution in [0.25, 0.3) is 21.4 Å². The fourth-order valence-electron chi connectivity index (χ4n) is 2.67. The zero-order chi connectivity index (χ0) is 19.3. The number of aromatic nitrogens is 4. The molecule has 4 rings (SSSR count). The van der Waals surface area contributed by atoms with Gasteiger partial charge in [0.25, 0.3) is 5.91 Å². The van der Waals surface area contributed by atoms with Crippen LogP contribution in [-0.4, -0.2) is 32.5 Å². The normalized spacial score (nSPS) is 11.3. The summed E-state index contributed by atoms with van der Waals surface area (Å²) in [6.45, 7) is 0. The van der Waals surface area contributed by atoms with E-state index in [4.69, 9.17) is 0 Å². The number of fused-ring (bicyclic) bond motifs is 3. The highest BCUT2D eigenvalue weighted by atomic mass is 32.1. The van der Waals surface area contributed by atoms with Crippen molar-refractivity contribution in [1.82, 2.24) is 19.5 Å². The van der Waals surface area contributed by atoms with Crippen molar-refractivity contribution < 1.29 is 18.0 Å². The summed E-state index contributed by atoms with van der Waals surface area (Å²) in [5, 5.41) is 5.49. The van der Waals surface area contributed by atoms with Gasteiger partial charge in [0.1, 0.15) is 21.4 Å². The highest BCUT2D eigenvalue weighted by Crippen LogP contribution is 2.33. The minimum absolute atomic E-state index is 0.141. The van der Waals surface area contributed by atoms with Gasteiger partial charge < -0.3 is 9.88 Å². The molecule has 0 saturated heterocycles. The van der Waals surface area contributed by atoms with Gasteiger partial charge in [-0.3, -0.25) is 10.1 Å². The van der Waals surface area contributed by atoms with E-state index in [-0.39, 0.29) is 5.13 Å². The lowest BCUT2D eigenvalue weighted by Gasteiger charge is -2.04. The molecule has 7 nitrogen and oxygen atoms in total. The zero-order valence-corrected chi connectivity index (χ0v) is 14.8. The first-order chi connectivity index (χ1) is 12.9. The number of pyridine rings is 1. The molecule has 0 fully saturated rings. The van der Waals surface area contributed by atoms with Gasteiger partial charge in [0.15, 0.2) is 28.4 Å². The zero-order valence-electron chi connectivity index (χ0n) is 14.0. The van der Waals surface area contributed by atoms with Crippen LogP contribution in [0.2, 0.25) is 0 Å². The predicted molar refractivity (Wildman–Crippen MR) is 95.5 cm³/mol. The second-order valence-corrected chi connectivity index (χ2v) is 6.59. The van der Waals surface area contributed by atoms with Crippen molar-refractivity contribution in [2.75, 3.05) is 17.7 Å². The highest BCUT2D eigenvalue weighted by molar-refractivity contribution is 7.22. The van der Waals surface area contributed by atoms with Gasteiger partial charge in [0.05, 0.1) is 11.9 Å². The minimum atomic E-state index is -1.70. The lowest BCUT2D eigenvalue weighted by atomic mass is 10.2. The van der Waals surface area contributed by atoms with E-state index in [1.807, 2.05) is 0 Å². The van der Waals surface area contributed by atoms with Crippen LogP contribution in [0, 0.1) is 17.5 Å². The van der Waals surface area contributed by atoms with Crippen LogP contribution in [0.15, 0.2) is 18.5 Å². The van der Waals surface area contributed by atoms with E-state index in [0.29, 0.717) is 33.3 Å². The Labute approximate surface area is 153 Å². The minimum Gasteiger partial charge on any atom is -0.371 e. The Morgan fingerprint density at radius 2 is 1.93 bits per heavy atom. The number of carbonyl (C=O) groups excluding carboxylic acids is 1. The van der Waals surface area contributed by atoms with E-state index in [1.54, 1.807) is 25.0 Å². The van der Waals surface area contributed by atoms with E-state index in [9.17, 15) is 18.0 Å². The van der Waals surface area contributed by atoms with Crippen molar-refractivity contribution in [2.24, 2.45) is 7.05 Å². The van der Waals surface area contributed by atoms with Gasteiger partial charge in [-0.05, 0) is 12.1 Å². The van der Waals surface area contributed by atoms with E-state index in [0.717, 1.165) is 17.4 Å². The Morgan fingerprint density at radius 3 is 2.67 bits per heavy atom. The molecule has 2 N–H and O–H groups in total. The first-order valence-corrected chi connectivity index (χ1v) is 8.46. The third kappa shape index (κ3) is 2.67.